The SMILES string of the molecule is Cc1ccc(CN(C)C(=O)CSc2nnc(-c3cc4c(s3)CC[C@@H](C)C4)o2)o1. The van der Waals surface area contributed by atoms with Gasteiger partial charge in [0.1, 0.15) is 11.5 Å². The van der Waals surface area contributed by atoms with Crippen LogP contribution in [0.2, 0.25) is 0 Å². The first-order chi connectivity index (χ1) is 13.5. The maximum Gasteiger partial charge on any atom is 0.277 e. The van der Waals surface area contributed by atoms with Crippen LogP contribution < -0.4 is 0 Å². The summed E-state index contributed by atoms with van der Waals surface area (Å²) in [6, 6.07) is 5.96. The van der Waals surface area contributed by atoms with E-state index >= 15 is 0 Å². The number of hydrogen-bond acceptors (Lipinski definition) is 7. The molecule has 0 N–H and O–H groups in total. The van der Waals surface area contributed by atoms with Crippen LogP contribution in [-0.2, 0) is 24.2 Å². The van der Waals surface area contributed by atoms with Crippen molar-refractivity contribution in [2.45, 2.75) is 44.9 Å². The summed E-state index contributed by atoms with van der Waals surface area (Å²) in [7, 11) is 1.76. The number of fused-ring (bicyclic) bond motifs is 1. The Kier molecular flexibility index (Phi) is 5.59. The van der Waals surface area contributed by atoms with Gasteiger partial charge in [-0.25, -0.2) is 0 Å². The quantitative estimate of drug-likeness (QED) is 0.547. The molecule has 6 nitrogen and oxygen atoms in total. The average Bonchev–Trinajstić information content (AvgIpc) is 3.38. The van der Waals surface area contributed by atoms with E-state index in [4.69, 9.17) is 8.83 Å². The Morgan fingerprint density at radius 1 is 1.36 bits per heavy atom. The zero-order valence-electron chi connectivity index (χ0n) is 16.2. The monoisotopic (exact) mass is 417 g/mol. The lowest BCUT2D eigenvalue weighted by Crippen LogP contribution is -2.27. The molecule has 3 aromatic rings. The summed E-state index contributed by atoms with van der Waals surface area (Å²) in [5.41, 5.74) is 1.41. The largest absolute Gasteiger partial charge is 0.464 e. The van der Waals surface area contributed by atoms with Gasteiger partial charge in [0.2, 0.25) is 5.91 Å². The molecule has 0 aromatic carbocycles. The van der Waals surface area contributed by atoms with Crippen molar-refractivity contribution in [1.82, 2.24) is 15.1 Å². The lowest BCUT2D eigenvalue weighted by molar-refractivity contribution is -0.127. The number of carbonyl (C=O) groups is 1. The van der Waals surface area contributed by atoms with E-state index in [1.165, 1.54) is 28.6 Å². The molecule has 8 heteroatoms. The van der Waals surface area contributed by atoms with Crippen molar-refractivity contribution >= 4 is 29.0 Å². The molecular weight excluding hydrogens is 394 g/mol. The van der Waals surface area contributed by atoms with E-state index < -0.39 is 0 Å². The molecule has 0 aliphatic heterocycles. The molecular formula is C20H23N3O3S2. The van der Waals surface area contributed by atoms with E-state index in [1.54, 1.807) is 23.3 Å². The molecule has 1 atom stereocenters. The number of hydrogen-bond donors (Lipinski definition) is 0. The number of nitrogens with zero attached hydrogens (tertiary/aromatic N) is 3. The summed E-state index contributed by atoms with van der Waals surface area (Å²) in [6.07, 6.45) is 3.50. The van der Waals surface area contributed by atoms with Crippen molar-refractivity contribution in [3.05, 3.63) is 40.2 Å². The van der Waals surface area contributed by atoms with Crippen molar-refractivity contribution in [1.29, 1.82) is 0 Å². The highest BCUT2D eigenvalue weighted by molar-refractivity contribution is 7.99. The summed E-state index contributed by atoms with van der Waals surface area (Å²) < 4.78 is 11.3. The number of carbonyl (C=O) groups excluding carboxylic acids is 1. The van der Waals surface area contributed by atoms with Crippen LogP contribution in [0.5, 0.6) is 0 Å². The molecule has 4 rings (SSSR count). The second-order valence-corrected chi connectivity index (χ2v) is 9.39. The average molecular weight is 418 g/mol. The molecule has 148 valence electrons. The molecule has 0 saturated carbocycles. The fourth-order valence-corrected chi connectivity index (χ4v) is 5.14. The second kappa shape index (κ2) is 8.13. The van der Waals surface area contributed by atoms with E-state index in [0.717, 1.165) is 35.2 Å². The first-order valence-electron chi connectivity index (χ1n) is 9.35. The van der Waals surface area contributed by atoms with Crippen molar-refractivity contribution in [3.63, 3.8) is 0 Å². The van der Waals surface area contributed by atoms with Gasteiger partial charge in [-0.15, -0.1) is 21.5 Å². The third kappa shape index (κ3) is 4.33. The number of thioether (sulfide) groups is 1. The molecule has 0 fully saturated rings. The van der Waals surface area contributed by atoms with Gasteiger partial charge in [-0.1, -0.05) is 18.7 Å². The maximum atomic E-state index is 12.3. The smallest absolute Gasteiger partial charge is 0.277 e. The number of aryl methyl sites for hydroxylation is 2. The van der Waals surface area contributed by atoms with E-state index in [1.807, 2.05) is 19.1 Å². The highest BCUT2D eigenvalue weighted by Gasteiger charge is 2.21. The van der Waals surface area contributed by atoms with Gasteiger partial charge in [-0.05, 0) is 55.9 Å². The van der Waals surface area contributed by atoms with Gasteiger partial charge in [0, 0.05) is 11.9 Å². The molecule has 0 spiro atoms. The minimum atomic E-state index is -0.0145. The van der Waals surface area contributed by atoms with Gasteiger partial charge < -0.3 is 13.7 Å². The van der Waals surface area contributed by atoms with Gasteiger partial charge in [-0.3, -0.25) is 4.79 Å². The number of thiophene rings is 1. The topological polar surface area (TPSA) is 72.4 Å². The molecule has 28 heavy (non-hydrogen) atoms. The van der Waals surface area contributed by atoms with E-state index in [0.29, 0.717) is 17.7 Å². The maximum absolute atomic E-state index is 12.3. The van der Waals surface area contributed by atoms with Gasteiger partial charge in [0.05, 0.1) is 17.2 Å². The van der Waals surface area contributed by atoms with Crippen LogP contribution in [-0.4, -0.2) is 33.8 Å². The van der Waals surface area contributed by atoms with Gasteiger partial charge in [0.15, 0.2) is 0 Å². The van der Waals surface area contributed by atoms with Crippen LogP contribution >= 0.6 is 23.1 Å². The molecule has 0 bridgehead atoms. The second-order valence-electron chi connectivity index (χ2n) is 7.33. The predicted octanol–water partition coefficient (Wildman–Crippen LogP) is 4.58. The van der Waals surface area contributed by atoms with Crippen LogP contribution in [0, 0.1) is 12.8 Å². The zero-order valence-corrected chi connectivity index (χ0v) is 17.9. The molecule has 0 saturated heterocycles. The van der Waals surface area contributed by atoms with Crippen molar-refractivity contribution < 1.29 is 13.6 Å². The predicted molar refractivity (Wildman–Crippen MR) is 109 cm³/mol. The van der Waals surface area contributed by atoms with E-state index in [9.17, 15) is 4.79 Å². The van der Waals surface area contributed by atoms with Crippen LogP contribution in [0.4, 0.5) is 0 Å². The summed E-state index contributed by atoms with van der Waals surface area (Å²) in [4.78, 5) is 16.4. The third-order valence-electron chi connectivity index (χ3n) is 4.88. The van der Waals surface area contributed by atoms with E-state index in [-0.39, 0.29) is 11.7 Å². The van der Waals surface area contributed by atoms with Crippen molar-refractivity contribution in [2.24, 2.45) is 5.92 Å². The Bertz CT molecular complexity index is 975. The summed E-state index contributed by atoms with van der Waals surface area (Å²) in [6.45, 7) is 4.63. The Morgan fingerprint density at radius 2 is 2.21 bits per heavy atom. The Morgan fingerprint density at radius 3 is 3.00 bits per heavy atom. The number of aromatic nitrogens is 2. The Balaban J connectivity index is 1.34. The van der Waals surface area contributed by atoms with Crippen LogP contribution in [0.1, 0.15) is 35.3 Å². The fourth-order valence-electron chi connectivity index (χ4n) is 3.30. The van der Waals surface area contributed by atoms with Crippen molar-refractivity contribution in [2.75, 3.05) is 12.8 Å². The number of amides is 1. The van der Waals surface area contributed by atoms with Gasteiger partial charge in [0.25, 0.3) is 11.1 Å². The molecule has 3 aromatic heterocycles. The lowest BCUT2D eigenvalue weighted by Gasteiger charge is -2.16. The van der Waals surface area contributed by atoms with Crippen LogP contribution in [0.3, 0.4) is 0 Å². The normalized spacial score (nSPS) is 16.2. The summed E-state index contributed by atoms with van der Waals surface area (Å²) in [5.74, 6) is 3.12. The molecule has 3 heterocycles. The minimum Gasteiger partial charge on any atom is -0.464 e. The standard InChI is InChI=1S/C20H23N3O3S2/c1-12-4-7-16-14(8-12)9-17(28-16)19-21-22-20(26-19)27-11-18(24)23(3)10-15-6-5-13(2)25-15/h5-6,9,12H,4,7-8,10-11H2,1-3H3/t12-/m1/s1. The highest BCUT2D eigenvalue weighted by Crippen LogP contribution is 2.37. The fraction of sp³-hybridized carbons (Fsp3) is 0.450. The van der Waals surface area contributed by atoms with E-state index in [2.05, 4.69) is 23.2 Å². The molecule has 1 amide bonds. The summed E-state index contributed by atoms with van der Waals surface area (Å²) in [5, 5.41) is 8.69. The first kappa shape index (κ1) is 19.3. The van der Waals surface area contributed by atoms with Gasteiger partial charge in [-0.2, -0.15) is 0 Å². The molecule has 0 radical (unpaired) electrons. The highest BCUT2D eigenvalue weighted by atomic mass is 32.2. The summed E-state index contributed by atoms with van der Waals surface area (Å²) >= 11 is 3.01. The molecule has 1 aliphatic carbocycles. The Hall–Kier alpha value is -2.06. The minimum absolute atomic E-state index is 0.0145. The molecule has 0 unspecified atom stereocenters. The lowest BCUT2D eigenvalue weighted by atomic mass is 9.90. The Labute approximate surface area is 172 Å². The zero-order chi connectivity index (χ0) is 19.7. The number of rotatable bonds is 6. The van der Waals surface area contributed by atoms with Crippen LogP contribution in [0.15, 0.2) is 32.3 Å². The number of furan rings is 1. The van der Waals surface area contributed by atoms with Crippen molar-refractivity contribution in [3.8, 4) is 10.8 Å². The van der Waals surface area contributed by atoms with Gasteiger partial charge >= 0.3 is 0 Å². The first-order valence-corrected chi connectivity index (χ1v) is 11.2. The molecule has 1 aliphatic rings. The third-order valence-corrected chi connectivity index (χ3v) is 6.91. The van der Waals surface area contributed by atoms with Crippen LogP contribution in [0.25, 0.3) is 10.8 Å².